The van der Waals surface area contributed by atoms with Crippen LogP contribution in [0.2, 0.25) is 5.02 Å². The van der Waals surface area contributed by atoms with Gasteiger partial charge in [0.2, 0.25) is 5.91 Å². The number of amides is 1. The number of fused-ring (bicyclic) bond motifs is 24. The standard InChI is InChI=1S/2C27H19BrO.C24H15BrO.C18H11BrO.C18H11ClO.C17H17NO/c1-27(2)23-14-16(10-12-19(23)20-13-11-17(28)15-24(20)27)18-7-5-8-22-21-6-3-4-9-25(21)29-26(18)22;1-27(2)23-14-17(7-10-19(23)20-11-9-18(28)15-24(20)27)16-8-12-26-22(13-16)21-5-3-4-6-25(21)29-26;25-19-14-12-17(13-15-19)16-8-10-18(11-9-16)20-5-3-6-22-21-4-1-2-7-23(21)26-24(20)22;19-13-10-8-12(9-11-13)14-5-3-6-16-15-4-1-2-7-17(15)20-18(14)16;19-14-8-5-12(6-9-14)13-7-10-16-15-3-1-2-4-17(15)20-18(16)11-13;1-11(19)18-12-8-9-14-13-6-4-5-7-15(13)17(2,3)16(14)10-12/h2*3-15H,1-2H3;1-15H;2*1-11H;4-10H,1-3H3,(H,18,19). The van der Waals surface area contributed by atoms with Gasteiger partial charge in [-0.15, -0.1) is 0 Å². The summed E-state index contributed by atoms with van der Waals surface area (Å²) < 4.78 is 34.8. The number of benzene rings is 20. The molecule has 12 heteroatoms. The van der Waals surface area contributed by atoms with Gasteiger partial charge in [-0.3, -0.25) is 4.79 Å². The summed E-state index contributed by atoms with van der Waals surface area (Å²) in [6.07, 6.45) is 0. The fourth-order valence-electron chi connectivity index (χ4n) is 21.2. The number of rotatable bonds is 7. The normalized spacial score (nSPS) is 13.0. The molecule has 5 aromatic heterocycles. The fourth-order valence-corrected chi connectivity index (χ4v) is 22.6. The van der Waals surface area contributed by atoms with Crippen LogP contribution in [-0.4, -0.2) is 5.91 Å². The number of para-hydroxylation sites is 8. The van der Waals surface area contributed by atoms with E-state index in [4.69, 9.17) is 33.7 Å². The van der Waals surface area contributed by atoms with E-state index in [0.717, 1.165) is 145 Å². The second-order valence-electron chi connectivity index (χ2n) is 38.3. The van der Waals surface area contributed by atoms with Crippen molar-refractivity contribution in [3.8, 4) is 100 Å². The van der Waals surface area contributed by atoms with Gasteiger partial charge in [-0.05, 0) is 256 Å². The zero-order valence-electron chi connectivity index (χ0n) is 79.3. The van der Waals surface area contributed by atoms with E-state index in [1.165, 1.54) is 134 Å². The number of furan rings is 5. The van der Waals surface area contributed by atoms with Crippen molar-refractivity contribution < 1.29 is 26.9 Å². The van der Waals surface area contributed by atoms with Crippen LogP contribution < -0.4 is 5.32 Å². The summed E-state index contributed by atoms with van der Waals surface area (Å²) in [7, 11) is 0. The third-order valence-corrected chi connectivity index (χ3v) is 30.8. The maximum absolute atomic E-state index is 11.2. The number of carbonyl (C=O) groups excluding carboxylic acids is 1. The Balaban J connectivity index is 0.0000000960. The van der Waals surface area contributed by atoms with Gasteiger partial charge in [-0.2, -0.15) is 0 Å². The lowest BCUT2D eigenvalue weighted by Crippen LogP contribution is -2.15. The van der Waals surface area contributed by atoms with Crippen LogP contribution in [0.1, 0.15) is 81.8 Å². The Kier molecular flexibility index (Phi) is 24.1. The zero-order valence-corrected chi connectivity index (χ0v) is 86.4. The van der Waals surface area contributed by atoms with E-state index in [2.05, 4.69) is 432 Å². The first-order chi connectivity index (χ1) is 69.5. The molecule has 25 aromatic rings. The summed E-state index contributed by atoms with van der Waals surface area (Å²) in [5, 5.41) is 15.3. The van der Waals surface area contributed by atoms with Gasteiger partial charge in [0.15, 0.2) is 0 Å². The zero-order chi connectivity index (χ0) is 97.7. The lowest BCUT2D eigenvalue weighted by Gasteiger charge is -2.22. The molecular weight excluding hydrogens is 2040 g/mol. The predicted molar refractivity (Wildman–Crippen MR) is 610 cm³/mol. The third-order valence-electron chi connectivity index (χ3n) is 28.5. The molecule has 5 heterocycles. The molecule has 143 heavy (non-hydrogen) atoms. The lowest BCUT2D eigenvalue weighted by molar-refractivity contribution is -0.114. The predicted octanol–water partition coefficient (Wildman–Crippen LogP) is 40.2. The van der Waals surface area contributed by atoms with E-state index in [-0.39, 0.29) is 22.2 Å². The van der Waals surface area contributed by atoms with Crippen molar-refractivity contribution in [1.29, 1.82) is 0 Å². The second kappa shape index (κ2) is 37.5. The summed E-state index contributed by atoms with van der Waals surface area (Å²) in [5.74, 6) is -0.0340. The number of nitrogens with one attached hydrogen (secondary N) is 1. The molecular formula is C131H92Br4ClNO6. The fraction of sp³-hybridized carbons (Fsp3) is 0.0763. The molecule has 3 aliphatic rings. The van der Waals surface area contributed by atoms with Crippen LogP contribution in [0.15, 0.2) is 465 Å². The average molecular weight is 2130 g/mol. The summed E-state index contributed by atoms with van der Waals surface area (Å²) in [6.45, 7) is 15.3. The van der Waals surface area contributed by atoms with Crippen LogP contribution in [-0.2, 0) is 21.0 Å². The largest absolute Gasteiger partial charge is 0.456 e. The molecule has 28 rings (SSSR count). The van der Waals surface area contributed by atoms with E-state index in [1.54, 1.807) is 0 Å². The first-order valence-corrected chi connectivity index (χ1v) is 51.4. The SMILES string of the molecule is Brc1ccc(-c2ccc(-c3cccc4c3oc3ccccc34)cc2)cc1.Brc1ccc(-c2cccc3c2oc2ccccc23)cc1.CC(=O)Nc1ccc2c(c1)C(C)(C)c1ccccc1-2.CC1(C)c2cc(Br)ccc2-c2ccc(-c3ccc4oc5ccccc5c4c3)cc21.CC1(C)c2cc(Br)ccc2-c2ccc(-c3cccc4c3oc3ccccc34)cc21.Clc1ccc(-c2ccc3c(c2)oc2ccccc23)cc1. The topological polar surface area (TPSA) is 94.8 Å². The Morgan fingerprint density at radius 3 is 1.00 bits per heavy atom. The molecule has 1 amide bonds. The van der Waals surface area contributed by atoms with Gasteiger partial charge < -0.3 is 27.4 Å². The van der Waals surface area contributed by atoms with Gasteiger partial charge >= 0.3 is 0 Å². The molecule has 20 aromatic carbocycles. The first-order valence-electron chi connectivity index (χ1n) is 47.8. The van der Waals surface area contributed by atoms with Crippen LogP contribution in [0, 0.1) is 0 Å². The summed E-state index contributed by atoms with van der Waals surface area (Å²) >= 11 is 20.2. The number of halogens is 5. The molecule has 0 aliphatic heterocycles. The van der Waals surface area contributed by atoms with Crippen molar-refractivity contribution in [2.24, 2.45) is 0 Å². The second-order valence-corrected chi connectivity index (χ2v) is 42.4. The molecule has 0 bridgehead atoms. The minimum Gasteiger partial charge on any atom is -0.456 e. The van der Waals surface area contributed by atoms with Crippen LogP contribution in [0.5, 0.6) is 0 Å². The monoisotopic (exact) mass is 2130 g/mol. The molecule has 1 N–H and O–H groups in total. The van der Waals surface area contributed by atoms with E-state index in [0.29, 0.717) is 0 Å². The molecule has 0 atom stereocenters. The Bertz CT molecular complexity index is 9300. The quantitative estimate of drug-likeness (QED) is 0.171. The van der Waals surface area contributed by atoms with E-state index < -0.39 is 0 Å². The highest BCUT2D eigenvalue weighted by molar-refractivity contribution is 9.11. The maximum atomic E-state index is 11.2. The third kappa shape index (κ3) is 17.2. The molecule has 0 saturated carbocycles. The Hall–Kier alpha value is -14.9. The highest BCUT2D eigenvalue weighted by atomic mass is 79.9. The minimum absolute atomic E-state index is 0.0135. The van der Waals surface area contributed by atoms with Crippen LogP contribution in [0.25, 0.3) is 210 Å². The smallest absolute Gasteiger partial charge is 0.221 e. The highest BCUT2D eigenvalue weighted by Crippen LogP contribution is 2.55. The molecule has 0 spiro atoms. The Morgan fingerprint density at radius 2 is 0.503 bits per heavy atom. The van der Waals surface area contributed by atoms with E-state index >= 15 is 0 Å². The van der Waals surface area contributed by atoms with Crippen molar-refractivity contribution in [3.05, 3.63) is 481 Å². The molecule has 7 nitrogen and oxygen atoms in total. The Morgan fingerprint density at radius 1 is 0.217 bits per heavy atom. The molecule has 0 saturated heterocycles. The summed E-state index contributed by atoms with van der Waals surface area (Å²) in [5.41, 5.74) is 40.4. The number of hydrogen-bond donors (Lipinski definition) is 1. The Labute approximate surface area is 867 Å². The van der Waals surface area contributed by atoms with E-state index in [9.17, 15) is 4.79 Å². The molecule has 0 fully saturated rings. The highest BCUT2D eigenvalue weighted by Gasteiger charge is 2.39. The van der Waals surface area contributed by atoms with Crippen molar-refractivity contribution in [2.45, 2.75) is 64.7 Å². The first kappa shape index (κ1) is 91.8. The average Bonchev–Trinajstić information content (AvgIpc) is 1.57. The van der Waals surface area contributed by atoms with Crippen molar-refractivity contribution >= 4 is 197 Å². The molecule has 3 aliphatic carbocycles. The van der Waals surface area contributed by atoms with Crippen molar-refractivity contribution in [3.63, 3.8) is 0 Å². The number of hydrogen-bond acceptors (Lipinski definition) is 6. The van der Waals surface area contributed by atoms with Crippen LogP contribution in [0.3, 0.4) is 0 Å². The van der Waals surface area contributed by atoms with Gasteiger partial charge in [-0.25, -0.2) is 0 Å². The molecule has 0 radical (unpaired) electrons. The van der Waals surface area contributed by atoms with Gasteiger partial charge in [0, 0.05) is 122 Å². The van der Waals surface area contributed by atoms with Gasteiger partial charge in [0.25, 0.3) is 0 Å². The van der Waals surface area contributed by atoms with Crippen LogP contribution in [0.4, 0.5) is 5.69 Å². The minimum atomic E-state index is -0.0355. The van der Waals surface area contributed by atoms with Crippen LogP contribution >= 0.6 is 75.3 Å². The lowest BCUT2D eigenvalue weighted by atomic mass is 9.81. The number of anilines is 1. The summed E-state index contributed by atoms with van der Waals surface area (Å²) in [6, 6.07) is 148. The van der Waals surface area contributed by atoms with Gasteiger partial charge in [0.1, 0.15) is 55.8 Å². The maximum Gasteiger partial charge on any atom is 0.221 e. The van der Waals surface area contributed by atoms with Gasteiger partial charge in [-0.1, -0.05) is 402 Å². The molecule has 692 valence electrons. The van der Waals surface area contributed by atoms with Crippen molar-refractivity contribution in [1.82, 2.24) is 0 Å². The number of carbonyl (C=O) groups is 1. The molecule has 0 unspecified atom stereocenters. The van der Waals surface area contributed by atoms with Gasteiger partial charge in [0.05, 0.1) is 0 Å². The summed E-state index contributed by atoms with van der Waals surface area (Å²) in [4.78, 5) is 11.2. The van der Waals surface area contributed by atoms with E-state index in [1.807, 2.05) is 103 Å². The van der Waals surface area contributed by atoms with Crippen molar-refractivity contribution in [2.75, 3.05) is 5.32 Å².